The number of benzene rings is 1. The molecule has 0 bridgehead atoms. The zero-order valence-electron chi connectivity index (χ0n) is 8.43. The molecule has 0 saturated carbocycles. The van der Waals surface area contributed by atoms with E-state index in [1.54, 1.807) is 0 Å². The molecule has 0 unspecified atom stereocenters. The van der Waals surface area contributed by atoms with Gasteiger partial charge in [-0.1, -0.05) is 0 Å². The topological polar surface area (TPSA) is 0 Å². The Hall–Kier alpha value is 0.710. The molecule has 1 heterocycles. The summed E-state index contributed by atoms with van der Waals surface area (Å²) in [5.74, 6) is 0. The molecular weight excluding hydrogens is 314 g/mol. The van der Waals surface area contributed by atoms with Crippen molar-refractivity contribution in [1.82, 2.24) is 0 Å². The first-order chi connectivity index (χ1) is 7.01. The molecule has 0 nitrogen and oxygen atoms in total. The van der Waals surface area contributed by atoms with Crippen LogP contribution in [0.5, 0.6) is 0 Å². The van der Waals surface area contributed by atoms with E-state index in [1.165, 1.54) is 6.42 Å². The van der Waals surface area contributed by atoms with Crippen molar-refractivity contribution >= 4 is 49.0 Å². The molecule has 0 spiro atoms. The van der Waals surface area contributed by atoms with Gasteiger partial charge in [-0.05, 0) is 0 Å². The van der Waals surface area contributed by atoms with E-state index in [0.717, 1.165) is 34.9 Å². The van der Waals surface area contributed by atoms with Gasteiger partial charge in [0.2, 0.25) is 0 Å². The van der Waals surface area contributed by atoms with Crippen LogP contribution in [-0.4, -0.2) is 12.3 Å². The maximum atomic E-state index is 6.83. The van der Waals surface area contributed by atoms with Gasteiger partial charge in [-0.25, -0.2) is 0 Å². The molecule has 0 atom stereocenters. The summed E-state index contributed by atoms with van der Waals surface area (Å²) >= 11 is 17.2. The summed E-state index contributed by atoms with van der Waals surface area (Å²) in [6, 6.07) is 8.13. The SMILES string of the molecule is ClP1(Cl)(c2ccccc2Br)CCCCC1. The van der Waals surface area contributed by atoms with Crippen LogP contribution in [0.3, 0.4) is 0 Å². The molecule has 0 aromatic heterocycles. The number of hydrogen-bond acceptors (Lipinski definition) is 0. The normalized spacial score (nSPS) is 26.5. The van der Waals surface area contributed by atoms with Crippen LogP contribution in [-0.2, 0) is 0 Å². The van der Waals surface area contributed by atoms with Gasteiger partial charge in [-0.15, -0.1) is 0 Å². The van der Waals surface area contributed by atoms with Crippen molar-refractivity contribution in [2.45, 2.75) is 19.3 Å². The zero-order chi connectivity index (χ0) is 11.0. The average molecular weight is 328 g/mol. The van der Waals surface area contributed by atoms with Gasteiger partial charge in [-0.2, -0.15) is 0 Å². The summed E-state index contributed by atoms with van der Waals surface area (Å²) in [4.78, 5) is 0. The van der Waals surface area contributed by atoms with Gasteiger partial charge in [-0.3, -0.25) is 0 Å². The molecule has 15 heavy (non-hydrogen) atoms. The molecule has 2 rings (SSSR count). The van der Waals surface area contributed by atoms with Crippen molar-refractivity contribution in [1.29, 1.82) is 0 Å². The fourth-order valence-electron chi connectivity index (χ4n) is 2.22. The molecule has 1 aromatic rings. The van der Waals surface area contributed by atoms with E-state index < -0.39 is 5.31 Å². The molecule has 1 aliphatic rings. The van der Waals surface area contributed by atoms with Gasteiger partial charge in [0.1, 0.15) is 0 Å². The second-order valence-electron chi connectivity index (χ2n) is 4.21. The van der Waals surface area contributed by atoms with E-state index in [1.807, 2.05) is 18.2 Å². The molecular formula is C11H14BrCl2P. The van der Waals surface area contributed by atoms with Crippen molar-refractivity contribution in [3.05, 3.63) is 28.7 Å². The van der Waals surface area contributed by atoms with Crippen LogP contribution in [0.15, 0.2) is 28.7 Å². The molecule has 84 valence electrons. The first-order valence-electron chi connectivity index (χ1n) is 5.21. The van der Waals surface area contributed by atoms with Crippen LogP contribution in [0, 0.1) is 0 Å². The summed E-state index contributed by atoms with van der Waals surface area (Å²) in [7, 11) is 0. The van der Waals surface area contributed by atoms with Crippen LogP contribution < -0.4 is 5.30 Å². The molecule has 1 aromatic carbocycles. The van der Waals surface area contributed by atoms with Gasteiger partial charge in [0.25, 0.3) is 0 Å². The molecule has 1 aliphatic heterocycles. The van der Waals surface area contributed by atoms with Gasteiger partial charge >= 0.3 is 109 Å². The molecule has 0 amide bonds. The predicted octanol–water partition coefficient (Wildman–Crippen LogP) is 5.12. The molecule has 1 fully saturated rings. The van der Waals surface area contributed by atoms with Crippen molar-refractivity contribution in [3.63, 3.8) is 0 Å². The fraction of sp³-hybridized carbons (Fsp3) is 0.455. The Morgan fingerprint density at radius 3 is 2.20 bits per heavy atom. The number of hydrogen-bond donors (Lipinski definition) is 0. The Balaban J connectivity index is 2.47. The van der Waals surface area contributed by atoms with Crippen molar-refractivity contribution in [2.75, 3.05) is 12.3 Å². The van der Waals surface area contributed by atoms with Crippen LogP contribution in [0.4, 0.5) is 0 Å². The molecule has 0 aliphatic carbocycles. The van der Waals surface area contributed by atoms with Crippen molar-refractivity contribution in [3.8, 4) is 0 Å². The van der Waals surface area contributed by atoms with Crippen LogP contribution in [0.2, 0.25) is 0 Å². The third-order valence-electron chi connectivity index (χ3n) is 3.07. The van der Waals surface area contributed by atoms with Crippen LogP contribution in [0.25, 0.3) is 0 Å². The van der Waals surface area contributed by atoms with Gasteiger partial charge in [0.05, 0.1) is 0 Å². The zero-order valence-corrected chi connectivity index (χ0v) is 12.4. The average Bonchev–Trinajstić information content (AvgIpc) is 2.18. The summed E-state index contributed by atoms with van der Waals surface area (Å²) in [5.41, 5.74) is 0. The molecule has 0 radical (unpaired) electrons. The Kier molecular flexibility index (Phi) is 3.40. The van der Waals surface area contributed by atoms with Gasteiger partial charge in [0.15, 0.2) is 0 Å². The van der Waals surface area contributed by atoms with Gasteiger partial charge in [0, 0.05) is 0 Å². The third-order valence-corrected chi connectivity index (χ3v) is 11.0. The quantitative estimate of drug-likeness (QED) is 0.628. The van der Waals surface area contributed by atoms with E-state index in [2.05, 4.69) is 22.0 Å². The Labute approximate surface area is 109 Å². The number of halogens is 3. The Morgan fingerprint density at radius 2 is 1.60 bits per heavy atom. The second-order valence-corrected chi connectivity index (χ2v) is 14.4. The predicted molar refractivity (Wildman–Crippen MR) is 76.0 cm³/mol. The van der Waals surface area contributed by atoms with Crippen molar-refractivity contribution < 1.29 is 0 Å². The van der Waals surface area contributed by atoms with E-state index in [0.29, 0.717) is 0 Å². The maximum absolute atomic E-state index is 6.83. The summed E-state index contributed by atoms with van der Waals surface area (Å²) < 4.78 is 1.06. The standard InChI is InChI=1S/C11H14BrCl2P/c12-10-6-2-3-7-11(10)15(13,14)8-4-1-5-9-15/h2-3,6-7H,1,4-5,8-9H2. The minimum absolute atomic E-state index is 0.970. The van der Waals surface area contributed by atoms with Gasteiger partial charge < -0.3 is 0 Å². The summed E-state index contributed by atoms with van der Waals surface area (Å²) in [6.45, 7) is 0. The minimum atomic E-state index is -2.64. The Bertz CT molecular complexity index is 369. The first kappa shape index (κ1) is 12.2. The summed E-state index contributed by atoms with van der Waals surface area (Å²) in [6.07, 6.45) is 5.52. The summed E-state index contributed by atoms with van der Waals surface area (Å²) in [5, 5.41) is -1.49. The number of rotatable bonds is 1. The van der Waals surface area contributed by atoms with Crippen molar-refractivity contribution in [2.24, 2.45) is 0 Å². The fourth-order valence-corrected chi connectivity index (χ4v) is 10.1. The molecule has 0 N–H and O–H groups in total. The second kappa shape index (κ2) is 4.18. The van der Waals surface area contributed by atoms with E-state index in [4.69, 9.17) is 22.5 Å². The molecule has 4 heteroatoms. The molecule has 1 saturated heterocycles. The first-order valence-corrected chi connectivity index (χ1v) is 10.4. The van der Waals surface area contributed by atoms with E-state index >= 15 is 0 Å². The van der Waals surface area contributed by atoms with E-state index in [-0.39, 0.29) is 0 Å². The monoisotopic (exact) mass is 326 g/mol. The Morgan fingerprint density at radius 1 is 1.00 bits per heavy atom. The van der Waals surface area contributed by atoms with Crippen LogP contribution in [0.1, 0.15) is 19.3 Å². The third kappa shape index (κ3) is 2.36. The van der Waals surface area contributed by atoms with E-state index in [9.17, 15) is 0 Å². The van der Waals surface area contributed by atoms with Crippen LogP contribution >= 0.6 is 43.7 Å².